The summed E-state index contributed by atoms with van der Waals surface area (Å²) < 4.78 is 1.45. The summed E-state index contributed by atoms with van der Waals surface area (Å²) in [5.41, 5.74) is 0.660. The largest absolute Gasteiger partial charge is 0.287 e. The molecule has 0 aliphatic rings. The normalized spacial score (nSPS) is 10.1. The maximum Gasteiger partial charge on any atom is 0.216 e. The van der Waals surface area contributed by atoms with Crippen LogP contribution >= 0.6 is 11.6 Å². The predicted octanol–water partition coefficient (Wildman–Crippen LogP) is 2.26. The van der Waals surface area contributed by atoms with Crippen molar-refractivity contribution in [2.45, 2.75) is 0 Å². The first-order valence-corrected chi connectivity index (χ1v) is 4.92. The van der Waals surface area contributed by atoms with Crippen LogP contribution < -0.4 is 0 Å². The van der Waals surface area contributed by atoms with Crippen LogP contribution in [0, 0.1) is 0 Å². The highest BCUT2D eigenvalue weighted by Gasteiger charge is 2.15. The number of aromatic nitrogens is 3. The van der Waals surface area contributed by atoms with E-state index in [0.717, 1.165) is 0 Å². The van der Waals surface area contributed by atoms with Crippen LogP contribution in [0.1, 0.15) is 16.1 Å². The molecule has 80 valence electrons. The van der Waals surface area contributed by atoms with Crippen molar-refractivity contribution in [3.05, 3.63) is 53.6 Å². The Labute approximate surface area is 97.2 Å². The van der Waals surface area contributed by atoms with E-state index in [-0.39, 0.29) is 11.5 Å². The number of carbonyl (C=O) groups is 1. The van der Waals surface area contributed by atoms with Crippen molar-refractivity contribution in [3.8, 4) is 0 Å². The molecule has 0 saturated heterocycles. The number of hydrogen-bond acceptors (Lipinski definition) is 3. The van der Waals surface area contributed by atoms with Gasteiger partial charge in [-0.25, -0.2) is 4.68 Å². The smallest absolute Gasteiger partial charge is 0.216 e. The Morgan fingerprint density at radius 1 is 1.56 bits per heavy atom. The molecule has 0 amide bonds. The van der Waals surface area contributed by atoms with Gasteiger partial charge in [0.1, 0.15) is 5.69 Å². The molecule has 5 heteroatoms. The Morgan fingerprint density at radius 3 is 3.00 bits per heavy atom. The molecule has 0 aromatic carbocycles. The van der Waals surface area contributed by atoms with Crippen molar-refractivity contribution in [2.75, 3.05) is 0 Å². The minimum atomic E-state index is -0.251. The molecule has 2 aromatic heterocycles. The molecule has 2 rings (SSSR count). The van der Waals surface area contributed by atoms with E-state index in [2.05, 4.69) is 16.7 Å². The summed E-state index contributed by atoms with van der Waals surface area (Å²) in [6, 6.07) is 3.30. The molecular formula is C11H8ClN3O. The quantitative estimate of drug-likeness (QED) is 0.764. The van der Waals surface area contributed by atoms with E-state index in [0.29, 0.717) is 10.6 Å². The van der Waals surface area contributed by atoms with Crippen molar-refractivity contribution in [1.82, 2.24) is 14.8 Å². The molecule has 0 radical (unpaired) electrons. The zero-order valence-corrected chi connectivity index (χ0v) is 9.05. The van der Waals surface area contributed by atoms with Gasteiger partial charge in [-0.05, 0) is 12.1 Å². The zero-order chi connectivity index (χ0) is 11.5. The second-order valence-electron chi connectivity index (χ2n) is 3.05. The molecule has 0 saturated carbocycles. The van der Waals surface area contributed by atoms with Crippen molar-refractivity contribution >= 4 is 23.6 Å². The molecule has 0 N–H and O–H groups in total. The molecule has 0 bridgehead atoms. The van der Waals surface area contributed by atoms with Crippen molar-refractivity contribution in [3.63, 3.8) is 0 Å². The molecule has 4 nitrogen and oxygen atoms in total. The lowest BCUT2D eigenvalue weighted by molar-refractivity contribution is 0.103. The second kappa shape index (κ2) is 4.28. The van der Waals surface area contributed by atoms with Crippen LogP contribution in [0.15, 0.2) is 37.3 Å². The molecule has 0 spiro atoms. The second-order valence-corrected chi connectivity index (χ2v) is 3.46. The minimum absolute atomic E-state index is 0.229. The van der Waals surface area contributed by atoms with E-state index in [1.165, 1.54) is 23.3 Å². The SMILES string of the molecule is C=Cn1cc(C(=O)c2ncccc2Cl)cn1. The van der Waals surface area contributed by atoms with Gasteiger partial charge in [-0.2, -0.15) is 5.10 Å². The molecule has 0 fully saturated rings. The maximum atomic E-state index is 12.0. The fraction of sp³-hybridized carbons (Fsp3) is 0. The van der Waals surface area contributed by atoms with Crippen LogP contribution in [0.2, 0.25) is 5.02 Å². The fourth-order valence-electron chi connectivity index (χ4n) is 1.24. The Hall–Kier alpha value is -1.94. The predicted molar refractivity (Wildman–Crippen MR) is 61.3 cm³/mol. The van der Waals surface area contributed by atoms with Gasteiger partial charge in [0.25, 0.3) is 0 Å². The third-order valence-electron chi connectivity index (χ3n) is 2.02. The summed E-state index contributed by atoms with van der Waals surface area (Å²) in [6.07, 6.45) is 6.04. The average Bonchev–Trinajstić information content (AvgIpc) is 2.77. The lowest BCUT2D eigenvalue weighted by Crippen LogP contribution is -2.03. The highest BCUT2D eigenvalue weighted by molar-refractivity contribution is 6.34. The number of nitrogens with zero attached hydrogens (tertiary/aromatic N) is 3. The number of carbonyl (C=O) groups excluding carboxylic acids is 1. The summed E-state index contributed by atoms with van der Waals surface area (Å²) >= 11 is 5.88. The first-order chi connectivity index (χ1) is 7.72. The molecule has 0 aliphatic carbocycles. The van der Waals surface area contributed by atoms with Gasteiger partial charge in [-0.15, -0.1) is 0 Å². The number of ketones is 1. The van der Waals surface area contributed by atoms with Gasteiger partial charge in [0.2, 0.25) is 5.78 Å². The summed E-state index contributed by atoms with van der Waals surface area (Å²) in [6.45, 7) is 3.54. The highest BCUT2D eigenvalue weighted by atomic mass is 35.5. The van der Waals surface area contributed by atoms with E-state index in [9.17, 15) is 4.79 Å². The molecular weight excluding hydrogens is 226 g/mol. The van der Waals surface area contributed by atoms with Crippen LogP contribution in [-0.4, -0.2) is 20.5 Å². The topological polar surface area (TPSA) is 47.8 Å². The van der Waals surface area contributed by atoms with Crippen molar-refractivity contribution < 1.29 is 4.79 Å². The number of pyridine rings is 1. The van der Waals surface area contributed by atoms with Gasteiger partial charge in [-0.3, -0.25) is 9.78 Å². The monoisotopic (exact) mass is 233 g/mol. The Morgan fingerprint density at radius 2 is 2.38 bits per heavy atom. The third-order valence-corrected chi connectivity index (χ3v) is 2.33. The molecule has 0 atom stereocenters. The molecule has 0 unspecified atom stereocenters. The minimum Gasteiger partial charge on any atom is -0.287 e. The standard InChI is InChI=1S/C11H8ClN3O/c1-2-15-7-8(6-14-15)11(16)10-9(12)4-3-5-13-10/h2-7H,1H2. The number of hydrogen-bond donors (Lipinski definition) is 0. The first-order valence-electron chi connectivity index (χ1n) is 4.54. The highest BCUT2D eigenvalue weighted by Crippen LogP contribution is 2.16. The number of rotatable bonds is 3. The summed E-state index contributed by atoms with van der Waals surface area (Å²) in [5, 5.41) is 4.25. The Balaban J connectivity index is 2.39. The van der Waals surface area contributed by atoms with Gasteiger partial charge in [0.05, 0.1) is 16.8 Å². The maximum absolute atomic E-state index is 12.0. The summed E-state index contributed by atoms with van der Waals surface area (Å²) in [5.74, 6) is -0.251. The molecule has 2 aromatic rings. The lowest BCUT2D eigenvalue weighted by atomic mass is 10.1. The van der Waals surface area contributed by atoms with Gasteiger partial charge >= 0.3 is 0 Å². The van der Waals surface area contributed by atoms with Gasteiger partial charge in [0.15, 0.2) is 0 Å². The van der Waals surface area contributed by atoms with Crippen molar-refractivity contribution in [2.24, 2.45) is 0 Å². The van der Waals surface area contributed by atoms with Crippen LogP contribution in [0.4, 0.5) is 0 Å². The fourth-order valence-corrected chi connectivity index (χ4v) is 1.45. The third kappa shape index (κ3) is 1.87. The van der Waals surface area contributed by atoms with E-state index in [1.54, 1.807) is 18.3 Å². The number of halogens is 1. The zero-order valence-electron chi connectivity index (χ0n) is 8.30. The van der Waals surface area contributed by atoms with Crippen LogP contribution in [0.25, 0.3) is 6.20 Å². The first kappa shape index (κ1) is 10.6. The van der Waals surface area contributed by atoms with E-state index < -0.39 is 0 Å². The van der Waals surface area contributed by atoms with Crippen molar-refractivity contribution in [1.29, 1.82) is 0 Å². The lowest BCUT2D eigenvalue weighted by Gasteiger charge is -1.98. The molecule has 2 heterocycles. The average molecular weight is 234 g/mol. The van der Waals surface area contributed by atoms with E-state index >= 15 is 0 Å². The van der Waals surface area contributed by atoms with E-state index in [4.69, 9.17) is 11.6 Å². The summed E-state index contributed by atoms with van der Waals surface area (Å²) in [4.78, 5) is 15.9. The Bertz CT molecular complexity index is 548. The molecule has 16 heavy (non-hydrogen) atoms. The van der Waals surface area contributed by atoms with Crippen LogP contribution in [-0.2, 0) is 0 Å². The summed E-state index contributed by atoms with van der Waals surface area (Å²) in [7, 11) is 0. The van der Waals surface area contributed by atoms with E-state index in [1.807, 2.05) is 0 Å². The Kier molecular flexibility index (Phi) is 2.83. The van der Waals surface area contributed by atoms with Crippen LogP contribution in [0.5, 0.6) is 0 Å². The molecule has 0 aliphatic heterocycles. The van der Waals surface area contributed by atoms with Crippen LogP contribution in [0.3, 0.4) is 0 Å². The van der Waals surface area contributed by atoms with Gasteiger partial charge < -0.3 is 0 Å². The van der Waals surface area contributed by atoms with Gasteiger partial charge in [0, 0.05) is 18.6 Å². The van der Waals surface area contributed by atoms with Gasteiger partial charge in [-0.1, -0.05) is 18.2 Å².